The molecule has 0 bridgehead atoms. The number of hydrogen-bond acceptors (Lipinski definition) is 2. The van der Waals surface area contributed by atoms with E-state index in [1.54, 1.807) is 6.92 Å². The van der Waals surface area contributed by atoms with Crippen LogP contribution < -0.4 is 15.9 Å². The van der Waals surface area contributed by atoms with Crippen LogP contribution in [0, 0.1) is 11.3 Å². The summed E-state index contributed by atoms with van der Waals surface area (Å²) in [5.74, 6) is 0. The molecule has 0 aliphatic heterocycles. The van der Waals surface area contributed by atoms with E-state index >= 15 is 0 Å². The van der Waals surface area contributed by atoms with Crippen LogP contribution in [-0.2, 0) is 0 Å². The molecule has 0 heterocycles. The number of hydrogen-bond donors (Lipinski definition) is 1. The third-order valence-corrected chi connectivity index (χ3v) is 9.74. The molecule has 3 heteroatoms. The van der Waals surface area contributed by atoms with Crippen LogP contribution in [0.25, 0.3) is 0 Å². The summed E-state index contributed by atoms with van der Waals surface area (Å²) in [5.41, 5.74) is 0. The molecule has 120 valence electrons. The number of aliphatic hydroxyl groups is 1. The van der Waals surface area contributed by atoms with Crippen molar-refractivity contribution in [2.24, 2.45) is 0 Å². The summed E-state index contributed by atoms with van der Waals surface area (Å²) in [6, 6.07) is 32.0. The third kappa shape index (κ3) is 2.53. The number of rotatable bonds is 4. The summed E-state index contributed by atoms with van der Waals surface area (Å²) >= 11 is 0. The second-order valence-electron chi connectivity index (χ2n) is 6.03. The Balaban J connectivity index is 2.45. The second-order valence-corrected chi connectivity index (χ2v) is 10.2. The van der Waals surface area contributed by atoms with Gasteiger partial charge in [0.05, 0.1) is 0 Å². The summed E-state index contributed by atoms with van der Waals surface area (Å²) < 4.78 is 0. The molecule has 0 radical (unpaired) electrons. The van der Waals surface area contributed by atoms with Gasteiger partial charge in [0.15, 0.2) is 0 Å². The third-order valence-electron chi connectivity index (χ3n) is 4.57. The molecule has 0 amide bonds. The molecule has 2 nitrogen and oxygen atoms in total. The average Bonchev–Trinajstić information content (AvgIpc) is 2.65. The van der Waals surface area contributed by atoms with Gasteiger partial charge in [-0.25, -0.2) is 0 Å². The van der Waals surface area contributed by atoms with Crippen LogP contribution in [0.3, 0.4) is 0 Å². The molecule has 3 rings (SSSR count). The molecule has 0 aliphatic carbocycles. The monoisotopic (exact) mass is 333 g/mol. The summed E-state index contributed by atoms with van der Waals surface area (Å²) in [6.07, 6.45) is 0. The van der Waals surface area contributed by atoms with E-state index in [1.165, 1.54) is 0 Å². The zero-order valence-corrected chi connectivity index (χ0v) is 14.6. The van der Waals surface area contributed by atoms with Crippen LogP contribution in [0.15, 0.2) is 91.0 Å². The molecule has 24 heavy (non-hydrogen) atoms. The Kier molecular flexibility index (Phi) is 4.49. The zero-order valence-electron chi connectivity index (χ0n) is 13.6. The van der Waals surface area contributed by atoms with Gasteiger partial charge in [0.1, 0.15) is 0 Å². The standard InChI is InChI=1S/C21H20NOP/c1-21(23,17-22)24(18-11-5-2-6-12-18,19-13-7-3-8-14-19)20-15-9-4-10-16-20/h2-16,23-24H,1H3. The van der Waals surface area contributed by atoms with Crippen molar-refractivity contribution in [3.8, 4) is 6.07 Å². The van der Waals surface area contributed by atoms with Gasteiger partial charge < -0.3 is 0 Å². The molecule has 0 aromatic heterocycles. The van der Waals surface area contributed by atoms with Crippen LogP contribution in [-0.4, -0.2) is 10.4 Å². The van der Waals surface area contributed by atoms with Gasteiger partial charge in [0, 0.05) is 0 Å². The van der Waals surface area contributed by atoms with E-state index in [4.69, 9.17) is 0 Å². The van der Waals surface area contributed by atoms with Gasteiger partial charge >= 0.3 is 143 Å². The first-order chi connectivity index (χ1) is 11.6. The molecular formula is C21H20NOP. The van der Waals surface area contributed by atoms with Crippen molar-refractivity contribution in [1.82, 2.24) is 0 Å². The molecule has 0 fully saturated rings. The SMILES string of the molecule is CC(O)(C#N)[PH](c1ccccc1)(c1ccccc1)c1ccccc1. The van der Waals surface area contributed by atoms with Gasteiger partial charge in [0.25, 0.3) is 0 Å². The molecule has 0 saturated carbocycles. The van der Waals surface area contributed by atoms with Gasteiger partial charge in [-0.3, -0.25) is 0 Å². The number of nitrogens with zero attached hydrogens (tertiary/aromatic N) is 1. The van der Waals surface area contributed by atoms with Crippen molar-refractivity contribution in [3.05, 3.63) is 91.0 Å². The summed E-state index contributed by atoms with van der Waals surface area (Å²) in [5, 5.41) is 22.7. The summed E-state index contributed by atoms with van der Waals surface area (Å²) in [7, 11) is -2.96. The van der Waals surface area contributed by atoms with Crippen LogP contribution in [0.4, 0.5) is 0 Å². The maximum atomic E-state index is 11.3. The predicted octanol–water partition coefficient (Wildman–Crippen LogP) is 2.94. The van der Waals surface area contributed by atoms with E-state index in [1.807, 2.05) is 91.0 Å². The van der Waals surface area contributed by atoms with Gasteiger partial charge in [-0.15, -0.1) is 0 Å². The van der Waals surface area contributed by atoms with Gasteiger partial charge in [0.2, 0.25) is 0 Å². The Bertz CT molecular complexity index is 743. The summed E-state index contributed by atoms with van der Waals surface area (Å²) in [6.45, 7) is 1.65. The fraction of sp³-hybridized carbons (Fsp3) is 0.0952. The summed E-state index contributed by atoms with van der Waals surface area (Å²) in [4.78, 5) is 0. The fourth-order valence-corrected chi connectivity index (χ4v) is 8.42. The van der Waals surface area contributed by atoms with Crippen molar-refractivity contribution in [2.45, 2.75) is 12.3 Å². The van der Waals surface area contributed by atoms with Crippen LogP contribution in [0.2, 0.25) is 0 Å². The van der Waals surface area contributed by atoms with E-state index in [2.05, 4.69) is 6.07 Å². The van der Waals surface area contributed by atoms with E-state index in [9.17, 15) is 10.4 Å². The topological polar surface area (TPSA) is 44.0 Å². The minimum atomic E-state index is -2.96. The van der Waals surface area contributed by atoms with E-state index in [-0.39, 0.29) is 0 Å². The fourth-order valence-electron chi connectivity index (χ4n) is 3.49. The first kappa shape index (κ1) is 16.4. The van der Waals surface area contributed by atoms with Gasteiger partial charge in [-0.1, -0.05) is 0 Å². The maximum absolute atomic E-state index is 11.3. The Hall–Kier alpha value is -2.46. The zero-order chi connectivity index (χ0) is 17.0. The van der Waals surface area contributed by atoms with Crippen molar-refractivity contribution >= 4 is 23.2 Å². The molecular weight excluding hydrogens is 313 g/mol. The molecule has 0 saturated heterocycles. The van der Waals surface area contributed by atoms with Crippen molar-refractivity contribution in [2.75, 3.05) is 0 Å². The van der Waals surface area contributed by atoms with E-state index < -0.39 is 12.6 Å². The van der Waals surface area contributed by atoms with Crippen molar-refractivity contribution in [1.29, 1.82) is 5.26 Å². The minimum absolute atomic E-state index is 1.02. The molecule has 0 spiro atoms. The Morgan fingerprint density at radius 1 is 0.708 bits per heavy atom. The van der Waals surface area contributed by atoms with Crippen LogP contribution in [0.1, 0.15) is 6.92 Å². The molecule has 3 aromatic rings. The van der Waals surface area contributed by atoms with Crippen molar-refractivity contribution < 1.29 is 5.11 Å². The Morgan fingerprint density at radius 2 is 1.00 bits per heavy atom. The molecule has 3 aromatic carbocycles. The predicted molar refractivity (Wildman–Crippen MR) is 103 cm³/mol. The first-order valence-electron chi connectivity index (χ1n) is 7.93. The molecule has 1 unspecified atom stereocenters. The van der Waals surface area contributed by atoms with Gasteiger partial charge in [-0.05, 0) is 0 Å². The Morgan fingerprint density at radius 3 is 1.25 bits per heavy atom. The van der Waals surface area contributed by atoms with E-state index in [0.29, 0.717) is 0 Å². The number of nitriles is 1. The van der Waals surface area contributed by atoms with Crippen LogP contribution >= 0.6 is 7.26 Å². The molecule has 1 N–H and O–H groups in total. The molecule has 0 aliphatic rings. The second kappa shape index (κ2) is 6.57. The van der Waals surface area contributed by atoms with Crippen LogP contribution in [0.5, 0.6) is 0 Å². The Labute approximate surface area is 143 Å². The van der Waals surface area contributed by atoms with E-state index in [0.717, 1.165) is 15.9 Å². The first-order valence-corrected chi connectivity index (χ1v) is 9.93. The number of benzene rings is 3. The quantitative estimate of drug-likeness (QED) is 0.589. The average molecular weight is 333 g/mol. The normalized spacial score (nSPS) is 14.4. The molecule has 1 atom stereocenters. The van der Waals surface area contributed by atoms with Crippen molar-refractivity contribution in [3.63, 3.8) is 0 Å². The van der Waals surface area contributed by atoms with Gasteiger partial charge in [-0.2, -0.15) is 0 Å².